The molecule has 0 saturated carbocycles. The van der Waals surface area contributed by atoms with Crippen LogP contribution in [0.2, 0.25) is 0 Å². The van der Waals surface area contributed by atoms with Gasteiger partial charge in [-0.15, -0.1) is 0 Å². The van der Waals surface area contributed by atoms with Gasteiger partial charge in [-0.3, -0.25) is 19.7 Å². The fourth-order valence-corrected chi connectivity index (χ4v) is 2.74. The molecule has 0 spiro atoms. The minimum Gasteiger partial charge on any atom is -0.395 e. The van der Waals surface area contributed by atoms with Gasteiger partial charge >= 0.3 is 5.88 Å². The van der Waals surface area contributed by atoms with Crippen LogP contribution in [0.1, 0.15) is 21.7 Å². The maximum atomic E-state index is 12.3. The number of nitro groups is 1. The molecular formula is C17H17N3O5. The minimum atomic E-state index is -0.701. The van der Waals surface area contributed by atoms with Crippen molar-refractivity contribution in [3.8, 4) is 0 Å². The second-order valence-electron chi connectivity index (χ2n) is 6.06. The molecule has 0 bridgehead atoms. The molecule has 8 heteroatoms. The molecule has 8 nitrogen and oxygen atoms in total. The number of amides is 2. The quantitative estimate of drug-likeness (QED) is 0.678. The Morgan fingerprint density at radius 2 is 1.84 bits per heavy atom. The van der Waals surface area contributed by atoms with Crippen molar-refractivity contribution in [1.82, 2.24) is 4.90 Å². The number of hydrogen-bond acceptors (Lipinski definition) is 5. The van der Waals surface area contributed by atoms with Crippen LogP contribution in [0.3, 0.4) is 0 Å². The first-order chi connectivity index (χ1) is 11.9. The molecular weight excluding hydrogens is 326 g/mol. The number of carbonyl (C=O) groups excluding carboxylic acids is 2. The van der Waals surface area contributed by atoms with Crippen molar-refractivity contribution in [2.75, 3.05) is 18.4 Å². The first-order valence-corrected chi connectivity index (χ1v) is 7.77. The van der Waals surface area contributed by atoms with Crippen LogP contribution in [0.25, 0.3) is 0 Å². The number of nitrogens with zero attached hydrogens (tertiary/aromatic N) is 2. The lowest BCUT2D eigenvalue weighted by molar-refractivity contribution is -0.402. The maximum Gasteiger partial charge on any atom is 0.433 e. The minimum absolute atomic E-state index is 0.0969. The molecule has 2 heterocycles. The van der Waals surface area contributed by atoms with Crippen molar-refractivity contribution in [1.29, 1.82) is 0 Å². The second kappa shape index (κ2) is 6.39. The van der Waals surface area contributed by atoms with Crippen LogP contribution in [0.5, 0.6) is 0 Å². The summed E-state index contributed by atoms with van der Waals surface area (Å²) in [6, 6.07) is 8.17. The number of furan rings is 1. The van der Waals surface area contributed by atoms with Crippen molar-refractivity contribution in [2.45, 2.75) is 13.8 Å². The number of para-hydroxylation sites is 1. The molecule has 1 aromatic heterocycles. The summed E-state index contributed by atoms with van der Waals surface area (Å²) in [5, 5.41) is 13.5. The Morgan fingerprint density at radius 3 is 2.40 bits per heavy atom. The summed E-state index contributed by atoms with van der Waals surface area (Å²) in [6.45, 7) is 4.35. The van der Waals surface area contributed by atoms with Crippen LogP contribution >= 0.6 is 0 Å². The summed E-state index contributed by atoms with van der Waals surface area (Å²) in [5.74, 6) is -1.49. The molecule has 1 aliphatic heterocycles. The van der Waals surface area contributed by atoms with Gasteiger partial charge in [-0.1, -0.05) is 18.2 Å². The van der Waals surface area contributed by atoms with Crippen molar-refractivity contribution in [3.05, 3.63) is 57.3 Å². The molecule has 1 saturated heterocycles. The number of benzene rings is 1. The highest BCUT2D eigenvalue weighted by Crippen LogP contribution is 2.25. The summed E-state index contributed by atoms with van der Waals surface area (Å²) in [5.41, 5.74) is 2.74. The van der Waals surface area contributed by atoms with Gasteiger partial charge in [0.05, 0.1) is 12.0 Å². The van der Waals surface area contributed by atoms with E-state index in [4.69, 9.17) is 4.42 Å². The van der Waals surface area contributed by atoms with E-state index in [1.807, 2.05) is 32.0 Å². The molecule has 130 valence electrons. The highest BCUT2D eigenvalue weighted by Gasteiger charge is 2.37. The number of likely N-dealkylation sites (tertiary alicyclic amines) is 1. The number of nitrogens with one attached hydrogen (secondary N) is 1. The number of rotatable bonds is 4. The fraction of sp³-hybridized carbons (Fsp3) is 0.294. The number of carbonyl (C=O) groups is 2. The van der Waals surface area contributed by atoms with Crippen LogP contribution in [0, 0.1) is 29.9 Å². The molecule has 1 aromatic carbocycles. The smallest absolute Gasteiger partial charge is 0.395 e. The number of aryl methyl sites for hydroxylation is 2. The van der Waals surface area contributed by atoms with Crippen LogP contribution in [-0.2, 0) is 4.79 Å². The molecule has 25 heavy (non-hydrogen) atoms. The predicted molar refractivity (Wildman–Crippen MR) is 89.3 cm³/mol. The molecule has 0 aliphatic carbocycles. The Labute approximate surface area is 143 Å². The topological polar surface area (TPSA) is 106 Å². The highest BCUT2D eigenvalue weighted by atomic mass is 16.6. The van der Waals surface area contributed by atoms with Crippen LogP contribution in [0.4, 0.5) is 11.6 Å². The first kappa shape index (κ1) is 16.7. The van der Waals surface area contributed by atoms with E-state index in [1.165, 1.54) is 11.0 Å². The van der Waals surface area contributed by atoms with Gasteiger partial charge in [0.15, 0.2) is 5.76 Å². The van der Waals surface area contributed by atoms with E-state index in [0.717, 1.165) is 22.9 Å². The Balaban J connectivity index is 1.59. The Bertz CT molecular complexity index is 831. The monoisotopic (exact) mass is 343 g/mol. The van der Waals surface area contributed by atoms with Gasteiger partial charge in [0, 0.05) is 18.8 Å². The SMILES string of the molecule is Cc1cccc(C)c1NC(=O)C1CN(C(=O)c2ccc([N+](=O)[O-])o2)C1. The van der Waals surface area contributed by atoms with Crippen LogP contribution in [0.15, 0.2) is 34.7 Å². The van der Waals surface area contributed by atoms with E-state index in [0.29, 0.717) is 0 Å². The van der Waals surface area contributed by atoms with Gasteiger partial charge in [-0.2, -0.15) is 0 Å². The number of anilines is 1. The maximum absolute atomic E-state index is 12.3. The molecule has 0 unspecified atom stereocenters. The van der Waals surface area contributed by atoms with E-state index in [2.05, 4.69) is 5.32 Å². The van der Waals surface area contributed by atoms with Gasteiger partial charge in [-0.05, 0) is 31.0 Å². The van der Waals surface area contributed by atoms with E-state index < -0.39 is 16.7 Å². The van der Waals surface area contributed by atoms with Gasteiger partial charge in [0.1, 0.15) is 4.92 Å². The van der Waals surface area contributed by atoms with Crippen molar-refractivity contribution >= 4 is 23.4 Å². The van der Waals surface area contributed by atoms with Crippen molar-refractivity contribution in [2.24, 2.45) is 5.92 Å². The molecule has 2 amide bonds. The van der Waals surface area contributed by atoms with Crippen molar-refractivity contribution < 1.29 is 18.9 Å². The zero-order valence-electron chi connectivity index (χ0n) is 13.8. The third kappa shape index (κ3) is 3.23. The van der Waals surface area contributed by atoms with Crippen molar-refractivity contribution in [3.63, 3.8) is 0 Å². The fourth-order valence-electron chi connectivity index (χ4n) is 2.74. The summed E-state index contributed by atoms with van der Waals surface area (Å²) >= 11 is 0. The average molecular weight is 343 g/mol. The van der Waals surface area contributed by atoms with E-state index >= 15 is 0 Å². The van der Waals surface area contributed by atoms with Crippen LogP contribution in [-0.4, -0.2) is 34.7 Å². The zero-order valence-corrected chi connectivity index (χ0v) is 13.8. The standard InChI is InChI=1S/C17H17N3O5/c1-10-4-3-5-11(2)15(10)18-16(21)12-8-19(9-12)17(22)13-6-7-14(25-13)20(23)24/h3-7,12H,8-9H2,1-2H3,(H,18,21). The lowest BCUT2D eigenvalue weighted by atomic mass is 9.98. The van der Waals surface area contributed by atoms with Gasteiger partial charge < -0.3 is 14.6 Å². The Hall–Kier alpha value is -3.16. The predicted octanol–water partition coefficient (Wildman–Crippen LogP) is 2.52. The van der Waals surface area contributed by atoms with E-state index in [9.17, 15) is 19.7 Å². The third-order valence-corrected chi connectivity index (χ3v) is 4.25. The molecule has 1 aliphatic rings. The lowest BCUT2D eigenvalue weighted by Crippen LogP contribution is -2.54. The summed E-state index contributed by atoms with van der Waals surface area (Å²) < 4.78 is 4.90. The third-order valence-electron chi connectivity index (χ3n) is 4.25. The van der Waals surface area contributed by atoms with Gasteiger partial charge in [0.2, 0.25) is 5.91 Å². The van der Waals surface area contributed by atoms with E-state index in [1.54, 1.807) is 0 Å². The normalized spacial score (nSPS) is 14.1. The zero-order chi connectivity index (χ0) is 18.1. The Morgan fingerprint density at radius 1 is 1.20 bits per heavy atom. The molecule has 0 atom stereocenters. The molecule has 2 aromatic rings. The summed E-state index contributed by atoms with van der Waals surface area (Å²) in [4.78, 5) is 35.8. The van der Waals surface area contributed by atoms with E-state index in [-0.39, 0.29) is 30.7 Å². The molecule has 1 fully saturated rings. The second-order valence-corrected chi connectivity index (χ2v) is 6.06. The van der Waals surface area contributed by atoms with Gasteiger partial charge in [0.25, 0.3) is 5.91 Å². The highest BCUT2D eigenvalue weighted by molar-refractivity contribution is 5.98. The first-order valence-electron chi connectivity index (χ1n) is 7.77. The summed E-state index contributed by atoms with van der Waals surface area (Å²) in [7, 11) is 0. The molecule has 3 rings (SSSR count). The van der Waals surface area contributed by atoms with Gasteiger partial charge in [-0.25, -0.2) is 0 Å². The largest absolute Gasteiger partial charge is 0.433 e. The Kier molecular flexibility index (Phi) is 4.26. The number of hydrogen-bond donors (Lipinski definition) is 1. The summed E-state index contributed by atoms with van der Waals surface area (Å²) in [6.07, 6.45) is 0. The lowest BCUT2D eigenvalue weighted by Gasteiger charge is -2.37. The van der Waals surface area contributed by atoms with Crippen LogP contribution < -0.4 is 5.32 Å². The molecule has 1 N–H and O–H groups in total. The average Bonchev–Trinajstić information content (AvgIpc) is 2.99. The molecule has 0 radical (unpaired) electrons.